The van der Waals surface area contributed by atoms with E-state index < -0.39 is 6.10 Å². The minimum atomic E-state index is -0.802. The van der Waals surface area contributed by atoms with Gasteiger partial charge < -0.3 is 14.2 Å². The van der Waals surface area contributed by atoms with Gasteiger partial charge in [-0.15, -0.1) is 0 Å². The predicted octanol–water partition coefficient (Wildman–Crippen LogP) is 14.5. The first-order valence-corrected chi connectivity index (χ1v) is 22.6. The van der Waals surface area contributed by atoms with E-state index in [9.17, 15) is 14.4 Å². The van der Waals surface area contributed by atoms with E-state index in [4.69, 9.17) is 14.2 Å². The van der Waals surface area contributed by atoms with Crippen LogP contribution in [0.2, 0.25) is 0 Å². The standard InChI is InChI=1S/C50H82O6/c1-4-7-10-13-16-19-22-24-25-27-28-31-34-37-40-43-49(52)55-46-47(45-54-48(51)42-39-36-33-30-21-18-15-12-9-6-3)56-50(53)44-41-38-35-32-29-26-23-20-17-14-11-8-5-2/h7,10-12,14-16,19-20,23-25,28,31,47H,4-6,8-9,13,17-18,21-22,26-27,29-30,32-46H2,1-3H3/b10-7-,14-11-,15-12-,19-16-,23-20-,25-24-,31-28-. The highest BCUT2D eigenvalue weighted by atomic mass is 16.6. The lowest BCUT2D eigenvalue weighted by Gasteiger charge is -2.18. The Morgan fingerprint density at radius 2 is 0.696 bits per heavy atom. The molecule has 318 valence electrons. The van der Waals surface area contributed by atoms with Crippen molar-refractivity contribution < 1.29 is 28.6 Å². The van der Waals surface area contributed by atoms with Gasteiger partial charge in [-0.3, -0.25) is 14.4 Å². The molecule has 0 amide bonds. The van der Waals surface area contributed by atoms with Crippen molar-refractivity contribution in [3.63, 3.8) is 0 Å². The van der Waals surface area contributed by atoms with Crippen molar-refractivity contribution in [3.05, 3.63) is 85.1 Å². The molecule has 56 heavy (non-hydrogen) atoms. The molecule has 0 aromatic rings. The third-order valence-electron chi connectivity index (χ3n) is 9.07. The molecule has 0 heterocycles. The maximum atomic E-state index is 12.7. The van der Waals surface area contributed by atoms with E-state index >= 15 is 0 Å². The topological polar surface area (TPSA) is 78.9 Å². The Hall–Kier alpha value is -3.41. The summed E-state index contributed by atoms with van der Waals surface area (Å²) in [5.74, 6) is -0.978. The van der Waals surface area contributed by atoms with Gasteiger partial charge in [-0.2, -0.15) is 0 Å². The lowest BCUT2D eigenvalue weighted by atomic mass is 10.1. The molecular weight excluding hydrogens is 697 g/mol. The number of esters is 3. The number of hydrogen-bond donors (Lipinski definition) is 0. The van der Waals surface area contributed by atoms with Gasteiger partial charge in [-0.1, -0.05) is 157 Å². The first kappa shape index (κ1) is 52.6. The molecule has 0 saturated heterocycles. The fourth-order valence-electron chi connectivity index (χ4n) is 5.71. The van der Waals surface area contributed by atoms with Crippen molar-refractivity contribution in [2.24, 2.45) is 0 Å². The van der Waals surface area contributed by atoms with E-state index in [2.05, 4.69) is 106 Å². The van der Waals surface area contributed by atoms with Crippen molar-refractivity contribution >= 4 is 17.9 Å². The van der Waals surface area contributed by atoms with Crippen LogP contribution < -0.4 is 0 Å². The Balaban J connectivity index is 4.49. The molecule has 6 nitrogen and oxygen atoms in total. The SMILES string of the molecule is CC/C=C\C/C=C\C/C=C\C/C=C\CCCCC(=O)OCC(COC(=O)CCCCCCC/C=C\CCC)OC(=O)CCCCCCC/C=C\C/C=C\CCC. The molecule has 6 heteroatoms. The predicted molar refractivity (Wildman–Crippen MR) is 237 cm³/mol. The molecule has 0 bridgehead atoms. The van der Waals surface area contributed by atoms with Gasteiger partial charge >= 0.3 is 17.9 Å². The van der Waals surface area contributed by atoms with Gasteiger partial charge in [0.1, 0.15) is 13.2 Å². The Bertz CT molecular complexity index is 1120. The van der Waals surface area contributed by atoms with Crippen LogP contribution in [0, 0.1) is 0 Å². The smallest absolute Gasteiger partial charge is 0.306 e. The second kappa shape index (κ2) is 44.3. The number of carbonyl (C=O) groups excluding carboxylic acids is 3. The summed E-state index contributed by atoms with van der Waals surface area (Å²) in [6.45, 7) is 6.31. The molecular formula is C50H82O6. The van der Waals surface area contributed by atoms with Crippen molar-refractivity contribution in [3.8, 4) is 0 Å². The molecule has 0 aliphatic heterocycles. The number of carbonyl (C=O) groups is 3. The van der Waals surface area contributed by atoms with Gasteiger partial charge in [0.25, 0.3) is 0 Å². The van der Waals surface area contributed by atoms with E-state index in [1.807, 2.05) is 0 Å². The molecule has 0 aliphatic carbocycles. The van der Waals surface area contributed by atoms with E-state index in [0.717, 1.165) is 135 Å². The third kappa shape index (κ3) is 41.7. The van der Waals surface area contributed by atoms with Gasteiger partial charge in [0, 0.05) is 19.3 Å². The van der Waals surface area contributed by atoms with Crippen LogP contribution in [0.5, 0.6) is 0 Å². The van der Waals surface area contributed by atoms with Crippen molar-refractivity contribution in [1.82, 2.24) is 0 Å². The molecule has 0 fully saturated rings. The second-order valence-corrected chi connectivity index (χ2v) is 14.6. The monoisotopic (exact) mass is 779 g/mol. The zero-order valence-corrected chi connectivity index (χ0v) is 36.1. The number of hydrogen-bond acceptors (Lipinski definition) is 6. The summed E-state index contributed by atoms with van der Waals surface area (Å²) < 4.78 is 16.6. The zero-order chi connectivity index (χ0) is 40.8. The molecule has 0 rings (SSSR count). The molecule has 0 radical (unpaired) electrons. The average Bonchev–Trinajstić information content (AvgIpc) is 3.19. The molecule has 0 spiro atoms. The highest BCUT2D eigenvalue weighted by Gasteiger charge is 2.19. The summed E-state index contributed by atoms with van der Waals surface area (Å²) in [6.07, 6.45) is 55.7. The average molecular weight is 779 g/mol. The number of rotatable bonds is 39. The molecule has 0 N–H and O–H groups in total. The summed E-state index contributed by atoms with van der Waals surface area (Å²) in [6, 6.07) is 0. The molecule has 1 unspecified atom stereocenters. The molecule has 1 atom stereocenters. The van der Waals surface area contributed by atoms with Crippen LogP contribution in [0.15, 0.2) is 85.1 Å². The highest BCUT2D eigenvalue weighted by molar-refractivity contribution is 5.71. The van der Waals surface area contributed by atoms with E-state index in [1.54, 1.807) is 0 Å². The first-order chi connectivity index (χ1) is 27.5. The minimum Gasteiger partial charge on any atom is -0.462 e. The number of allylic oxidation sites excluding steroid dienone is 14. The Labute approximate surface area is 344 Å². The van der Waals surface area contributed by atoms with Gasteiger partial charge in [0.05, 0.1) is 0 Å². The maximum absolute atomic E-state index is 12.7. The van der Waals surface area contributed by atoms with Crippen LogP contribution in [0.3, 0.4) is 0 Å². The highest BCUT2D eigenvalue weighted by Crippen LogP contribution is 2.12. The quantitative estimate of drug-likeness (QED) is 0.0268. The van der Waals surface area contributed by atoms with Gasteiger partial charge in [0.15, 0.2) is 6.10 Å². The summed E-state index contributed by atoms with van der Waals surface area (Å²) in [5, 5.41) is 0. The third-order valence-corrected chi connectivity index (χ3v) is 9.07. The Kier molecular flexibility index (Phi) is 41.6. The Morgan fingerprint density at radius 1 is 0.375 bits per heavy atom. The van der Waals surface area contributed by atoms with Gasteiger partial charge in [-0.25, -0.2) is 0 Å². The number of unbranched alkanes of at least 4 members (excludes halogenated alkanes) is 14. The summed E-state index contributed by atoms with van der Waals surface area (Å²) in [7, 11) is 0. The Morgan fingerprint density at radius 3 is 1.16 bits per heavy atom. The van der Waals surface area contributed by atoms with Crippen LogP contribution in [0.4, 0.5) is 0 Å². The fraction of sp³-hybridized carbons (Fsp3) is 0.660. The van der Waals surface area contributed by atoms with E-state index in [-0.39, 0.29) is 31.1 Å². The molecule has 0 aromatic carbocycles. The lowest BCUT2D eigenvalue weighted by molar-refractivity contribution is -0.167. The zero-order valence-electron chi connectivity index (χ0n) is 36.1. The first-order valence-electron chi connectivity index (χ1n) is 22.6. The van der Waals surface area contributed by atoms with Crippen LogP contribution >= 0.6 is 0 Å². The van der Waals surface area contributed by atoms with Crippen LogP contribution in [-0.2, 0) is 28.6 Å². The molecule has 0 aromatic heterocycles. The van der Waals surface area contributed by atoms with E-state index in [1.165, 1.54) is 19.3 Å². The van der Waals surface area contributed by atoms with Crippen LogP contribution in [0.25, 0.3) is 0 Å². The summed E-state index contributed by atoms with van der Waals surface area (Å²) >= 11 is 0. The lowest BCUT2D eigenvalue weighted by Crippen LogP contribution is -2.30. The van der Waals surface area contributed by atoms with Crippen molar-refractivity contribution in [2.75, 3.05) is 13.2 Å². The van der Waals surface area contributed by atoms with Crippen LogP contribution in [0.1, 0.15) is 194 Å². The largest absolute Gasteiger partial charge is 0.462 e. The maximum Gasteiger partial charge on any atom is 0.306 e. The summed E-state index contributed by atoms with van der Waals surface area (Å²) in [4.78, 5) is 37.7. The van der Waals surface area contributed by atoms with Crippen molar-refractivity contribution in [2.45, 2.75) is 200 Å². The minimum absolute atomic E-state index is 0.101. The number of ether oxygens (including phenoxy) is 3. The van der Waals surface area contributed by atoms with E-state index in [0.29, 0.717) is 19.3 Å². The second-order valence-electron chi connectivity index (χ2n) is 14.6. The van der Waals surface area contributed by atoms with Crippen molar-refractivity contribution in [1.29, 1.82) is 0 Å². The summed E-state index contributed by atoms with van der Waals surface area (Å²) in [5.41, 5.74) is 0. The molecule has 0 aliphatic rings. The van der Waals surface area contributed by atoms with Gasteiger partial charge in [0.2, 0.25) is 0 Å². The normalized spacial score (nSPS) is 12.8. The van der Waals surface area contributed by atoms with Crippen LogP contribution in [-0.4, -0.2) is 37.2 Å². The van der Waals surface area contributed by atoms with Gasteiger partial charge in [-0.05, 0) is 103 Å². The molecule has 0 saturated carbocycles. The fourth-order valence-corrected chi connectivity index (χ4v) is 5.71.